The Morgan fingerprint density at radius 3 is 2.21 bits per heavy atom. The van der Waals surface area contributed by atoms with E-state index in [4.69, 9.17) is 9.47 Å². The predicted molar refractivity (Wildman–Crippen MR) is 124 cm³/mol. The van der Waals surface area contributed by atoms with Gasteiger partial charge in [0.25, 0.3) is 0 Å². The Bertz CT molecular complexity index is 1090. The Kier molecular flexibility index (Phi) is 8.22. The van der Waals surface area contributed by atoms with Crippen molar-refractivity contribution in [1.82, 2.24) is 0 Å². The summed E-state index contributed by atoms with van der Waals surface area (Å²) >= 11 is 1.65. The van der Waals surface area contributed by atoms with Crippen LogP contribution in [0.2, 0.25) is 0 Å². The maximum Gasteiger partial charge on any atom is 0.416 e. The zero-order valence-electron chi connectivity index (χ0n) is 18.0. The molecular weight excluding hydrogens is 449 g/mol. The van der Waals surface area contributed by atoms with Crippen molar-refractivity contribution in [2.24, 2.45) is 0 Å². The molecule has 0 saturated heterocycles. The first-order chi connectivity index (χ1) is 15.8. The van der Waals surface area contributed by atoms with Gasteiger partial charge in [0, 0.05) is 10.6 Å². The molecule has 0 spiro atoms. The third-order valence-electron chi connectivity index (χ3n) is 4.76. The number of hydrogen-bond donors (Lipinski definition) is 0. The highest BCUT2D eigenvalue weighted by Crippen LogP contribution is 2.32. The first-order valence-electron chi connectivity index (χ1n) is 10.2. The van der Waals surface area contributed by atoms with Crippen LogP contribution in [-0.4, -0.2) is 19.2 Å². The van der Waals surface area contributed by atoms with Crippen molar-refractivity contribution in [3.05, 3.63) is 96.1 Å². The number of thioether (sulfide) groups is 1. The molecular formula is C26H23F3O3S. The lowest BCUT2D eigenvalue weighted by molar-refractivity contribution is -0.144. The second kappa shape index (κ2) is 11.1. The van der Waals surface area contributed by atoms with Crippen LogP contribution >= 0.6 is 11.8 Å². The van der Waals surface area contributed by atoms with Crippen molar-refractivity contribution in [2.45, 2.75) is 23.7 Å². The second-order valence-corrected chi connectivity index (χ2v) is 8.30. The fraction of sp³-hybridized carbons (Fsp3) is 0.192. The standard InChI is InChI=1S/C26H23F3O3S/c1-3-14-31-25(30)16-32-24-13-12-23(15-18(24)2)33-17-19-4-6-20(7-5-19)21-8-10-22(11-9-21)26(27,28)29/h3-13,15H,1,14,16-17H2,2H3. The summed E-state index contributed by atoms with van der Waals surface area (Å²) in [5, 5.41) is 0. The Morgan fingerprint density at radius 1 is 1.00 bits per heavy atom. The fourth-order valence-corrected chi connectivity index (χ4v) is 3.97. The lowest BCUT2D eigenvalue weighted by Crippen LogP contribution is -2.15. The molecule has 3 aromatic rings. The average Bonchev–Trinajstić information content (AvgIpc) is 2.80. The number of esters is 1. The van der Waals surface area contributed by atoms with Crippen LogP contribution in [0.1, 0.15) is 16.7 Å². The van der Waals surface area contributed by atoms with E-state index in [0.717, 1.165) is 45.0 Å². The van der Waals surface area contributed by atoms with Gasteiger partial charge in [0.1, 0.15) is 12.4 Å². The van der Waals surface area contributed by atoms with Crippen molar-refractivity contribution in [3.63, 3.8) is 0 Å². The van der Waals surface area contributed by atoms with Crippen LogP contribution in [0.15, 0.2) is 84.3 Å². The molecule has 0 aliphatic heterocycles. The minimum absolute atomic E-state index is 0.155. The molecule has 0 heterocycles. The first kappa shape index (κ1) is 24.5. The molecule has 7 heteroatoms. The molecule has 3 aromatic carbocycles. The third-order valence-corrected chi connectivity index (χ3v) is 5.82. The Labute approximate surface area is 195 Å². The van der Waals surface area contributed by atoms with Gasteiger partial charge >= 0.3 is 12.1 Å². The molecule has 33 heavy (non-hydrogen) atoms. The topological polar surface area (TPSA) is 35.5 Å². The van der Waals surface area contributed by atoms with E-state index in [1.807, 2.05) is 49.4 Å². The normalized spacial score (nSPS) is 11.2. The molecule has 172 valence electrons. The van der Waals surface area contributed by atoms with E-state index in [-0.39, 0.29) is 13.2 Å². The third kappa shape index (κ3) is 7.15. The van der Waals surface area contributed by atoms with Crippen LogP contribution in [0, 0.1) is 6.92 Å². The van der Waals surface area contributed by atoms with E-state index in [1.54, 1.807) is 11.8 Å². The number of alkyl halides is 3. The summed E-state index contributed by atoms with van der Waals surface area (Å²) in [5.41, 5.74) is 2.95. The number of aryl methyl sites for hydroxylation is 1. The molecule has 0 aliphatic carbocycles. The molecule has 0 saturated carbocycles. The van der Waals surface area contributed by atoms with E-state index in [1.165, 1.54) is 18.2 Å². The molecule has 0 atom stereocenters. The number of carbonyl (C=O) groups excluding carboxylic acids is 1. The number of benzene rings is 3. The van der Waals surface area contributed by atoms with Crippen molar-refractivity contribution in [3.8, 4) is 16.9 Å². The van der Waals surface area contributed by atoms with Crippen LogP contribution in [-0.2, 0) is 21.5 Å². The zero-order valence-corrected chi connectivity index (χ0v) is 18.8. The number of carbonyl (C=O) groups is 1. The average molecular weight is 473 g/mol. The van der Waals surface area contributed by atoms with Gasteiger partial charge < -0.3 is 9.47 Å². The summed E-state index contributed by atoms with van der Waals surface area (Å²) in [6.07, 6.45) is -2.84. The van der Waals surface area contributed by atoms with Crippen LogP contribution < -0.4 is 4.74 Å². The molecule has 0 amide bonds. The van der Waals surface area contributed by atoms with Gasteiger partial charge in [-0.05, 0) is 59.5 Å². The van der Waals surface area contributed by atoms with Crippen LogP contribution in [0.25, 0.3) is 11.1 Å². The first-order valence-corrected chi connectivity index (χ1v) is 11.1. The summed E-state index contributed by atoms with van der Waals surface area (Å²) < 4.78 is 48.6. The van der Waals surface area contributed by atoms with Gasteiger partial charge in [-0.3, -0.25) is 0 Å². The van der Waals surface area contributed by atoms with E-state index in [2.05, 4.69) is 6.58 Å². The number of hydrogen-bond acceptors (Lipinski definition) is 4. The zero-order chi connectivity index (χ0) is 23.8. The summed E-state index contributed by atoms with van der Waals surface area (Å²) in [5.74, 6) is 0.907. The molecule has 0 aromatic heterocycles. The number of rotatable bonds is 9. The lowest BCUT2D eigenvalue weighted by atomic mass is 10.0. The maximum atomic E-state index is 12.7. The summed E-state index contributed by atoms with van der Waals surface area (Å²) in [6, 6.07) is 18.7. The lowest BCUT2D eigenvalue weighted by Gasteiger charge is -2.11. The maximum absolute atomic E-state index is 12.7. The van der Waals surface area contributed by atoms with Crippen molar-refractivity contribution in [1.29, 1.82) is 0 Å². The van der Waals surface area contributed by atoms with Crippen molar-refractivity contribution < 1.29 is 27.4 Å². The van der Waals surface area contributed by atoms with Gasteiger partial charge in [0.15, 0.2) is 6.61 Å². The molecule has 0 bridgehead atoms. The molecule has 0 fully saturated rings. The summed E-state index contributed by atoms with van der Waals surface area (Å²) in [6.45, 7) is 5.39. The molecule has 0 unspecified atom stereocenters. The number of halogens is 3. The van der Waals surface area contributed by atoms with E-state index in [9.17, 15) is 18.0 Å². The largest absolute Gasteiger partial charge is 0.482 e. The fourth-order valence-electron chi connectivity index (χ4n) is 3.02. The Morgan fingerprint density at radius 2 is 1.64 bits per heavy atom. The van der Waals surface area contributed by atoms with E-state index in [0.29, 0.717) is 5.75 Å². The molecule has 0 N–H and O–H groups in total. The monoisotopic (exact) mass is 472 g/mol. The smallest absolute Gasteiger partial charge is 0.416 e. The second-order valence-electron chi connectivity index (χ2n) is 7.25. The van der Waals surface area contributed by atoms with Crippen LogP contribution in [0.4, 0.5) is 13.2 Å². The van der Waals surface area contributed by atoms with Gasteiger partial charge in [-0.2, -0.15) is 13.2 Å². The minimum atomic E-state index is -4.33. The van der Waals surface area contributed by atoms with Crippen LogP contribution in [0.3, 0.4) is 0 Å². The van der Waals surface area contributed by atoms with Gasteiger partial charge in [0.05, 0.1) is 5.56 Å². The molecule has 0 aliphatic rings. The molecule has 3 nitrogen and oxygen atoms in total. The van der Waals surface area contributed by atoms with Gasteiger partial charge in [-0.25, -0.2) is 4.79 Å². The predicted octanol–water partition coefficient (Wildman–Crippen LogP) is 7.08. The van der Waals surface area contributed by atoms with Gasteiger partial charge in [0.2, 0.25) is 0 Å². The SMILES string of the molecule is C=CCOC(=O)COc1ccc(SCc2ccc(-c3ccc(C(F)(F)F)cc3)cc2)cc1C. The van der Waals surface area contributed by atoms with Gasteiger partial charge in [-0.1, -0.05) is 49.1 Å². The summed E-state index contributed by atoms with van der Waals surface area (Å²) in [7, 11) is 0. The highest BCUT2D eigenvalue weighted by atomic mass is 32.2. The van der Waals surface area contributed by atoms with Crippen molar-refractivity contribution in [2.75, 3.05) is 13.2 Å². The van der Waals surface area contributed by atoms with E-state index < -0.39 is 17.7 Å². The van der Waals surface area contributed by atoms with Crippen molar-refractivity contribution >= 4 is 17.7 Å². The number of ether oxygens (including phenoxy) is 2. The van der Waals surface area contributed by atoms with Crippen LogP contribution in [0.5, 0.6) is 5.75 Å². The summed E-state index contributed by atoms with van der Waals surface area (Å²) in [4.78, 5) is 12.6. The highest BCUT2D eigenvalue weighted by molar-refractivity contribution is 7.98. The van der Waals surface area contributed by atoms with E-state index >= 15 is 0 Å². The molecule has 3 rings (SSSR count). The Balaban J connectivity index is 1.55. The quantitative estimate of drug-likeness (QED) is 0.189. The highest BCUT2D eigenvalue weighted by Gasteiger charge is 2.29. The van der Waals surface area contributed by atoms with Gasteiger partial charge in [-0.15, -0.1) is 11.8 Å². The molecule has 0 radical (unpaired) electrons. The minimum Gasteiger partial charge on any atom is -0.482 e. The Hall–Kier alpha value is -3.19.